The number of piperidine rings is 2. The second kappa shape index (κ2) is 7.14. The number of carbonyl (C=O) groups excluding carboxylic acids is 1. The summed E-state index contributed by atoms with van der Waals surface area (Å²) < 4.78 is 19.1. The highest BCUT2D eigenvalue weighted by Crippen LogP contribution is 2.68. The highest BCUT2D eigenvalue weighted by molar-refractivity contribution is 5.99. The van der Waals surface area contributed by atoms with Crippen LogP contribution in [0.1, 0.15) is 30.4 Å². The molecule has 0 aromatic heterocycles. The van der Waals surface area contributed by atoms with Crippen molar-refractivity contribution in [3.8, 4) is 11.5 Å². The summed E-state index contributed by atoms with van der Waals surface area (Å²) in [5, 5.41) is 0. The van der Waals surface area contributed by atoms with Crippen LogP contribution in [0.5, 0.6) is 11.5 Å². The van der Waals surface area contributed by atoms with Crippen LogP contribution in [0.15, 0.2) is 54.1 Å². The van der Waals surface area contributed by atoms with E-state index >= 15 is 0 Å². The molecule has 4 fully saturated rings. The van der Waals surface area contributed by atoms with Crippen LogP contribution in [0.4, 0.5) is 5.69 Å². The summed E-state index contributed by atoms with van der Waals surface area (Å²) in [6.07, 6.45) is 5.11. The molecule has 7 atom stereocenters. The molecule has 6 heteroatoms. The third-order valence-corrected chi connectivity index (χ3v) is 10.6. The number of methoxy groups -OCH3 is 2. The molecule has 186 valence electrons. The number of hydrogen-bond acceptors (Lipinski definition) is 4. The largest absolute Gasteiger partial charge is 0.493 e. The highest BCUT2D eigenvalue weighted by Gasteiger charge is 2.76. The van der Waals surface area contributed by atoms with Crippen molar-refractivity contribution in [2.45, 2.75) is 49.4 Å². The van der Waals surface area contributed by atoms with Crippen molar-refractivity contribution in [3.05, 3.63) is 65.2 Å². The van der Waals surface area contributed by atoms with Crippen LogP contribution in [0.25, 0.3) is 0 Å². The molecule has 6 aliphatic rings. The molecule has 1 amide bonds. The lowest BCUT2D eigenvalue weighted by atomic mass is 9.53. The second-order valence-corrected chi connectivity index (χ2v) is 11.8. The highest BCUT2D eigenvalue weighted by atomic mass is 16.5. The third kappa shape index (κ3) is 2.42. The van der Waals surface area contributed by atoms with E-state index in [1.165, 1.54) is 17.5 Å². The first-order valence-corrected chi connectivity index (χ1v) is 13.4. The minimum Gasteiger partial charge on any atom is -0.493 e. The molecule has 0 radical (unpaired) electrons. The van der Waals surface area contributed by atoms with Gasteiger partial charge in [0.05, 0.1) is 57.0 Å². The smallest absolute Gasteiger partial charge is 0.229 e. The number of hydrogen-bond donors (Lipinski definition) is 0. The van der Waals surface area contributed by atoms with Crippen LogP contribution in [0.2, 0.25) is 0 Å². The average molecular weight is 486 g/mol. The molecule has 2 aromatic carbocycles. The minimum absolute atomic E-state index is 0.00292. The molecule has 5 heterocycles. The standard InChI is InChI=1S/C30H33N2O4/c1-34-23-13-21-22(14-24(23)35-2)31-27(33)15-25-28-20-12-26-30(21,29(28)31)9-10-32(26,17-19(20)8-11-36-25)16-18-6-4-3-5-7-18/h3-8,13-14,20,25-26,28-29H,9-12,15-17H2,1-2H3/q+1/t20-,25-,26-,28-,29-,30+,32?/m0/s1. The van der Waals surface area contributed by atoms with Crippen LogP contribution in [0.3, 0.4) is 0 Å². The Labute approximate surface area is 212 Å². The van der Waals surface area contributed by atoms with E-state index in [-0.39, 0.29) is 23.5 Å². The number of anilines is 1. The molecule has 5 aliphatic heterocycles. The predicted molar refractivity (Wildman–Crippen MR) is 135 cm³/mol. The number of fused-ring (bicyclic) bond motifs is 2. The molecule has 8 rings (SSSR count). The first kappa shape index (κ1) is 21.3. The molecule has 1 spiro atoms. The van der Waals surface area contributed by atoms with Crippen LogP contribution >= 0.6 is 0 Å². The van der Waals surface area contributed by atoms with E-state index < -0.39 is 0 Å². The number of nitrogens with zero attached hydrogens (tertiary/aromatic N) is 2. The number of amides is 1. The number of benzene rings is 2. The van der Waals surface area contributed by atoms with E-state index in [9.17, 15) is 4.79 Å². The first-order chi connectivity index (χ1) is 17.6. The van der Waals surface area contributed by atoms with E-state index in [0.717, 1.165) is 42.0 Å². The van der Waals surface area contributed by atoms with E-state index in [1.807, 2.05) is 0 Å². The molecular formula is C30H33N2O4+. The van der Waals surface area contributed by atoms with Crippen molar-refractivity contribution in [2.24, 2.45) is 11.8 Å². The van der Waals surface area contributed by atoms with Gasteiger partial charge in [-0.05, 0) is 23.1 Å². The van der Waals surface area contributed by atoms with Crippen LogP contribution in [-0.4, -0.2) is 62.5 Å². The third-order valence-electron chi connectivity index (χ3n) is 10.6. The molecule has 2 aromatic rings. The molecule has 6 nitrogen and oxygen atoms in total. The zero-order chi connectivity index (χ0) is 24.2. The first-order valence-electron chi connectivity index (χ1n) is 13.4. The van der Waals surface area contributed by atoms with Crippen LogP contribution in [-0.2, 0) is 21.5 Å². The second-order valence-electron chi connectivity index (χ2n) is 11.8. The fourth-order valence-electron chi connectivity index (χ4n) is 9.51. The topological polar surface area (TPSA) is 48.0 Å². The maximum absolute atomic E-state index is 13.8. The number of rotatable bonds is 4. The van der Waals surface area contributed by atoms with Gasteiger partial charge in [0.1, 0.15) is 19.1 Å². The number of carbonyl (C=O) groups is 1. The summed E-state index contributed by atoms with van der Waals surface area (Å²) >= 11 is 0. The Morgan fingerprint density at radius 1 is 1.14 bits per heavy atom. The maximum Gasteiger partial charge on any atom is 0.229 e. The molecule has 3 saturated heterocycles. The zero-order valence-corrected chi connectivity index (χ0v) is 21.0. The normalized spacial score (nSPS) is 38.8. The Hall–Kier alpha value is -2.83. The molecule has 0 N–H and O–H groups in total. The van der Waals surface area contributed by atoms with E-state index in [2.05, 4.69) is 53.4 Å². The van der Waals surface area contributed by atoms with E-state index in [0.29, 0.717) is 36.7 Å². The summed E-state index contributed by atoms with van der Waals surface area (Å²) in [6, 6.07) is 15.9. The number of ether oxygens (including phenoxy) is 3. The van der Waals surface area contributed by atoms with Gasteiger partial charge in [-0.15, -0.1) is 0 Å². The zero-order valence-electron chi connectivity index (χ0n) is 21.0. The fraction of sp³-hybridized carbons (Fsp3) is 0.500. The van der Waals surface area contributed by atoms with Crippen molar-refractivity contribution in [3.63, 3.8) is 0 Å². The quantitative estimate of drug-likeness (QED) is 0.488. The number of quaternary nitrogens is 1. The van der Waals surface area contributed by atoms with E-state index in [1.54, 1.807) is 19.8 Å². The van der Waals surface area contributed by atoms with Gasteiger partial charge in [0.2, 0.25) is 5.91 Å². The van der Waals surface area contributed by atoms with Gasteiger partial charge in [-0.2, -0.15) is 0 Å². The SMILES string of the molecule is COc1cc2c(cc1OC)[C@@]13CC[N+]4(Cc5ccccc5)CC5=CCO[C@H]6CC(=O)N2[C@H]1[C@H]6[C@H]5C[C@@H]34. The van der Waals surface area contributed by atoms with Gasteiger partial charge in [-0.3, -0.25) is 4.79 Å². The Bertz CT molecular complexity index is 1310. The molecule has 2 bridgehead atoms. The monoisotopic (exact) mass is 485 g/mol. The Balaban J connectivity index is 1.38. The Morgan fingerprint density at radius 3 is 2.75 bits per heavy atom. The Kier molecular flexibility index (Phi) is 4.22. The predicted octanol–water partition coefficient (Wildman–Crippen LogP) is 3.82. The maximum atomic E-state index is 13.8. The van der Waals surface area contributed by atoms with Crippen LogP contribution in [0, 0.1) is 11.8 Å². The van der Waals surface area contributed by atoms with Gasteiger partial charge in [0, 0.05) is 30.4 Å². The molecule has 1 unspecified atom stereocenters. The summed E-state index contributed by atoms with van der Waals surface area (Å²) in [6.45, 7) is 3.90. The van der Waals surface area contributed by atoms with Gasteiger partial charge >= 0.3 is 0 Å². The summed E-state index contributed by atoms with van der Waals surface area (Å²) in [7, 11) is 3.39. The molecule has 36 heavy (non-hydrogen) atoms. The summed E-state index contributed by atoms with van der Waals surface area (Å²) in [5.41, 5.74) is 5.24. The summed E-state index contributed by atoms with van der Waals surface area (Å²) in [5.74, 6) is 2.50. The lowest BCUT2D eigenvalue weighted by Gasteiger charge is -2.60. The summed E-state index contributed by atoms with van der Waals surface area (Å²) in [4.78, 5) is 16.0. The van der Waals surface area contributed by atoms with Gasteiger partial charge in [-0.25, -0.2) is 0 Å². The lowest BCUT2D eigenvalue weighted by molar-refractivity contribution is -0.955. The van der Waals surface area contributed by atoms with Gasteiger partial charge in [0.15, 0.2) is 11.5 Å². The van der Waals surface area contributed by atoms with Crippen molar-refractivity contribution >= 4 is 11.6 Å². The van der Waals surface area contributed by atoms with Crippen molar-refractivity contribution in [2.75, 3.05) is 38.8 Å². The van der Waals surface area contributed by atoms with E-state index in [4.69, 9.17) is 14.2 Å². The minimum atomic E-state index is -0.0849. The molecule has 1 aliphatic carbocycles. The van der Waals surface area contributed by atoms with Crippen molar-refractivity contribution in [1.29, 1.82) is 0 Å². The van der Waals surface area contributed by atoms with Gasteiger partial charge in [0.25, 0.3) is 0 Å². The fourth-order valence-corrected chi connectivity index (χ4v) is 9.51. The van der Waals surface area contributed by atoms with Gasteiger partial charge < -0.3 is 23.6 Å². The molecular weight excluding hydrogens is 452 g/mol. The lowest BCUT2D eigenvalue weighted by Crippen LogP contribution is -2.72. The Morgan fingerprint density at radius 2 is 1.94 bits per heavy atom. The van der Waals surface area contributed by atoms with Crippen molar-refractivity contribution in [1.82, 2.24) is 0 Å². The average Bonchev–Trinajstić information content (AvgIpc) is 3.32. The van der Waals surface area contributed by atoms with Crippen molar-refractivity contribution < 1.29 is 23.5 Å². The molecule has 1 saturated carbocycles. The van der Waals surface area contributed by atoms with Gasteiger partial charge in [-0.1, -0.05) is 36.4 Å². The van der Waals surface area contributed by atoms with Crippen LogP contribution < -0.4 is 14.4 Å².